The molecule has 1 saturated heterocycles. The molecular formula is C17H18F3N3O3. The van der Waals surface area contributed by atoms with E-state index < -0.39 is 24.1 Å². The number of rotatable bonds is 4. The van der Waals surface area contributed by atoms with Gasteiger partial charge in [0.05, 0.1) is 5.92 Å². The van der Waals surface area contributed by atoms with Crippen LogP contribution in [-0.2, 0) is 11.0 Å². The summed E-state index contributed by atoms with van der Waals surface area (Å²) >= 11 is 0. The highest BCUT2D eigenvalue weighted by Gasteiger charge is 2.39. The molecule has 2 heterocycles. The molecule has 2 aromatic rings. The standard InChI is InChI=1S/C17H18F3N3O3/c1-11(25-13-7-3-2-4-8-13)15(24)23-9-5-6-12(10-23)14-21-22-16(26-14)17(18,19)20/h2-4,7-8,11-12H,5-6,9-10H2,1H3/t11-,12+/m0/s1. The molecule has 0 radical (unpaired) electrons. The summed E-state index contributed by atoms with van der Waals surface area (Å²) in [5, 5.41) is 6.56. The zero-order chi connectivity index (χ0) is 18.7. The highest BCUT2D eigenvalue weighted by Crippen LogP contribution is 2.32. The largest absolute Gasteiger partial charge is 0.481 e. The van der Waals surface area contributed by atoms with Gasteiger partial charge in [0.15, 0.2) is 6.10 Å². The van der Waals surface area contributed by atoms with Gasteiger partial charge in [-0.3, -0.25) is 4.79 Å². The first-order chi connectivity index (χ1) is 12.3. The monoisotopic (exact) mass is 369 g/mol. The van der Waals surface area contributed by atoms with E-state index in [9.17, 15) is 18.0 Å². The molecule has 0 N–H and O–H groups in total. The first kappa shape index (κ1) is 18.2. The number of para-hydroxylation sites is 1. The Labute approximate surface area is 148 Å². The molecule has 3 rings (SSSR count). The second-order valence-corrected chi connectivity index (χ2v) is 6.14. The van der Waals surface area contributed by atoms with E-state index in [4.69, 9.17) is 9.15 Å². The highest BCUT2D eigenvalue weighted by atomic mass is 19.4. The lowest BCUT2D eigenvalue weighted by atomic mass is 9.97. The highest BCUT2D eigenvalue weighted by molar-refractivity contribution is 5.81. The van der Waals surface area contributed by atoms with Crippen LogP contribution in [0.5, 0.6) is 5.75 Å². The maximum Gasteiger partial charge on any atom is 0.470 e. The fraction of sp³-hybridized carbons (Fsp3) is 0.471. The number of likely N-dealkylation sites (tertiary alicyclic amines) is 1. The zero-order valence-corrected chi connectivity index (χ0v) is 14.1. The second-order valence-electron chi connectivity index (χ2n) is 6.14. The van der Waals surface area contributed by atoms with Gasteiger partial charge in [-0.15, -0.1) is 10.2 Å². The minimum atomic E-state index is -4.67. The number of amides is 1. The molecule has 1 aromatic carbocycles. The van der Waals surface area contributed by atoms with Crippen LogP contribution in [0.4, 0.5) is 13.2 Å². The Morgan fingerprint density at radius 3 is 2.69 bits per heavy atom. The number of nitrogens with zero attached hydrogens (tertiary/aromatic N) is 3. The molecule has 2 atom stereocenters. The average Bonchev–Trinajstić information content (AvgIpc) is 3.12. The predicted molar refractivity (Wildman–Crippen MR) is 84.4 cm³/mol. The summed E-state index contributed by atoms with van der Waals surface area (Å²) in [5.41, 5.74) is 0. The number of piperidine rings is 1. The van der Waals surface area contributed by atoms with E-state index in [1.807, 2.05) is 6.07 Å². The predicted octanol–water partition coefficient (Wildman–Crippen LogP) is 3.26. The van der Waals surface area contributed by atoms with Gasteiger partial charge in [-0.05, 0) is 31.9 Å². The van der Waals surface area contributed by atoms with Crippen molar-refractivity contribution in [3.05, 3.63) is 42.1 Å². The van der Waals surface area contributed by atoms with E-state index in [1.54, 1.807) is 36.1 Å². The molecule has 0 spiro atoms. The van der Waals surface area contributed by atoms with Gasteiger partial charge in [0.2, 0.25) is 5.89 Å². The van der Waals surface area contributed by atoms with Crippen molar-refractivity contribution in [2.45, 2.75) is 38.0 Å². The van der Waals surface area contributed by atoms with E-state index in [0.29, 0.717) is 25.1 Å². The van der Waals surface area contributed by atoms with Crippen LogP contribution < -0.4 is 4.74 Å². The molecule has 9 heteroatoms. The van der Waals surface area contributed by atoms with Crippen LogP contribution in [0.25, 0.3) is 0 Å². The van der Waals surface area contributed by atoms with E-state index in [-0.39, 0.29) is 18.3 Å². The quantitative estimate of drug-likeness (QED) is 0.827. The van der Waals surface area contributed by atoms with Crippen molar-refractivity contribution in [1.29, 1.82) is 0 Å². The normalized spacial score (nSPS) is 19.2. The lowest BCUT2D eigenvalue weighted by Gasteiger charge is -2.32. The summed E-state index contributed by atoms with van der Waals surface area (Å²) in [4.78, 5) is 14.2. The van der Waals surface area contributed by atoms with Gasteiger partial charge in [-0.25, -0.2) is 0 Å². The molecule has 0 saturated carbocycles. The van der Waals surface area contributed by atoms with Gasteiger partial charge in [0, 0.05) is 13.1 Å². The van der Waals surface area contributed by atoms with Gasteiger partial charge in [-0.2, -0.15) is 13.2 Å². The third-order valence-electron chi connectivity index (χ3n) is 4.17. The summed E-state index contributed by atoms with van der Waals surface area (Å²) in [6.07, 6.45) is -4.16. The van der Waals surface area contributed by atoms with Crippen molar-refractivity contribution in [2.75, 3.05) is 13.1 Å². The smallest absolute Gasteiger partial charge is 0.470 e. The molecule has 6 nitrogen and oxygen atoms in total. The van der Waals surface area contributed by atoms with E-state index in [1.165, 1.54) is 0 Å². The fourth-order valence-corrected chi connectivity index (χ4v) is 2.90. The number of ether oxygens (including phenoxy) is 1. The summed E-state index contributed by atoms with van der Waals surface area (Å²) < 4.78 is 48.2. The zero-order valence-electron chi connectivity index (χ0n) is 14.1. The Balaban J connectivity index is 1.64. The number of alkyl halides is 3. The van der Waals surface area contributed by atoms with Crippen LogP contribution in [0.15, 0.2) is 34.7 Å². The molecule has 1 fully saturated rings. The maximum absolute atomic E-state index is 12.6. The average molecular weight is 369 g/mol. The van der Waals surface area contributed by atoms with Gasteiger partial charge in [-0.1, -0.05) is 18.2 Å². The molecule has 0 bridgehead atoms. The van der Waals surface area contributed by atoms with E-state index in [0.717, 1.165) is 0 Å². The number of hydrogen-bond donors (Lipinski definition) is 0. The molecule has 1 amide bonds. The van der Waals surface area contributed by atoms with Crippen molar-refractivity contribution in [2.24, 2.45) is 0 Å². The van der Waals surface area contributed by atoms with Crippen LogP contribution in [0, 0.1) is 0 Å². The van der Waals surface area contributed by atoms with Crippen LogP contribution in [0.2, 0.25) is 0 Å². The van der Waals surface area contributed by atoms with Gasteiger partial charge < -0.3 is 14.1 Å². The Morgan fingerprint density at radius 1 is 1.31 bits per heavy atom. The second kappa shape index (κ2) is 7.35. The minimum absolute atomic E-state index is 0.0912. The third-order valence-corrected chi connectivity index (χ3v) is 4.17. The molecule has 140 valence electrons. The van der Waals surface area contributed by atoms with Crippen LogP contribution in [0.3, 0.4) is 0 Å². The fourth-order valence-electron chi connectivity index (χ4n) is 2.90. The summed E-state index contributed by atoms with van der Waals surface area (Å²) in [7, 11) is 0. The molecule has 26 heavy (non-hydrogen) atoms. The molecule has 1 aliphatic heterocycles. The number of carbonyl (C=O) groups is 1. The number of halogens is 3. The van der Waals surface area contributed by atoms with Crippen molar-refractivity contribution in [1.82, 2.24) is 15.1 Å². The Kier molecular flexibility index (Phi) is 5.15. The topological polar surface area (TPSA) is 68.5 Å². The lowest BCUT2D eigenvalue weighted by Crippen LogP contribution is -2.45. The van der Waals surface area contributed by atoms with Crippen molar-refractivity contribution < 1.29 is 27.1 Å². The van der Waals surface area contributed by atoms with Crippen LogP contribution >= 0.6 is 0 Å². The van der Waals surface area contributed by atoms with E-state index >= 15 is 0 Å². The lowest BCUT2D eigenvalue weighted by molar-refractivity contribution is -0.158. The first-order valence-electron chi connectivity index (χ1n) is 8.25. The third kappa shape index (κ3) is 4.14. The molecule has 1 aliphatic rings. The maximum atomic E-state index is 12.6. The van der Waals surface area contributed by atoms with Crippen LogP contribution in [-0.4, -0.2) is 40.2 Å². The van der Waals surface area contributed by atoms with Crippen molar-refractivity contribution in [3.63, 3.8) is 0 Å². The van der Waals surface area contributed by atoms with Gasteiger partial charge in [0.1, 0.15) is 5.75 Å². The van der Waals surface area contributed by atoms with E-state index in [2.05, 4.69) is 10.2 Å². The molecule has 1 aromatic heterocycles. The van der Waals surface area contributed by atoms with Crippen molar-refractivity contribution in [3.8, 4) is 5.75 Å². The molecular weight excluding hydrogens is 351 g/mol. The number of carbonyl (C=O) groups excluding carboxylic acids is 1. The minimum Gasteiger partial charge on any atom is -0.481 e. The van der Waals surface area contributed by atoms with Gasteiger partial charge >= 0.3 is 12.1 Å². The summed E-state index contributed by atoms with van der Waals surface area (Å²) in [6, 6.07) is 8.95. The van der Waals surface area contributed by atoms with Crippen LogP contribution in [0.1, 0.15) is 37.5 Å². The molecule has 0 unspecified atom stereocenters. The van der Waals surface area contributed by atoms with Gasteiger partial charge in [0.25, 0.3) is 5.91 Å². The summed E-state index contributed by atoms with van der Waals surface area (Å²) in [6.45, 7) is 2.38. The Hall–Kier alpha value is -2.58. The summed E-state index contributed by atoms with van der Waals surface area (Å²) in [5.74, 6) is -1.52. The number of hydrogen-bond acceptors (Lipinski definition) is 5. The number of aromatic nitrogens is 2. The van der Waals surface area contributed by atoms with Crippen molar-refractivity contribution >= 4 is 5.91 Å². The Morgan fingerprint density at radius 2 is 2.04 bits per heavy atom. The SMILES string of the molecule is C[C@H](Oc1ccccc1)C(=O)N1CCC[C@@H](c2nnc(C(F)(F)F)o2)C1. The number of benzene rings is 1. The first-order valence-corrected chi connectivity index (χ1v) is 8.25. The molecule has 0 aliphatic carbocycles. The Bertz CT molecular complexity index is 748.